The minimum atomic E-state index is 0.127. The van der Waals surface area contributed by atoms with Gasteiger partial charge in [0.15, 0.2) is 0 Å². The predicted octanol–water partition coefficient (Wildman–Crippen LogP) is 5.85. The maximum Gasteiger partial charge on any atom is 0.126 e. The lowest BCUT2D eigenvalue weighted by Crippen LogP contribution is -2.24. The molecule has 0 bridgehead atoms. The number of allylic oxidation sites excluding steroid dienone is 1. The maximum absolute atomic E-state index is 4.53. The summed E-state index contributed by atoms with van der Waals surface area (Å²) in [7, 11) is 0. The van der Waals surface area contributed by atoms with Crippen molar-refractivity contribution in [1.29, 1.82) is 0 Å². The molecule has 1 aliphatic heterocycles. The van der Waals surface area contributed by atoms with E-state index in [0.29, 0.717) is 5.82 Å². The van der Waals surface area contributed by atoms with E-state index in [2.05, 4.69) is 65.9 Å². The fourth-order valence-corrected chi connectivity index (χ4v) is 2.74. The molecule has 0 aromatic heterocycles. The van der Waals surface area contributed by atoms with Gasteiger partial charge in [-0.3, -0.25) is 9.98 Å². The Bertz CT molecular complexity index is 886. The van der Waals surface area contributed by atoms with Gasteiger partial charge in [0.1, 0.15) is 11.7 Å². The van der Waals surface area contributed by atoms with E-state index >= 15 is 0 Å². The zero-order valence-electron chi connectivity index (χ0n) is 18.5. The zero-order valence-corrected chi connectivity index (χ0v) is 18.5. The second kappa shape index (κ2) is 9.41. The lowest BCUT2D eigenvalue weighted by molar-refractivity contribution is 0.499. The van der Waals surface area contributed by atoms with Gasteiger partial charge in [0.05, 0.1) is 17.9 Å². The van der Waals surface area contributed by atoms with Crippen LogP contribution in [0.5, 0.6) is 0 Å². The Morgan fingerprint density at radius 2 is 1.62 bits per heavy atom. The summed E-state index contributed by atoms with van der Waals surface area (Å²) in [4.78, 5) is 9.02. The molecule has 0 saturated heterocycles. The Morgan fingerprint density at radius 3 is 2.10 bits per heavy atom. The van der Waals surface area contributed by atoms with Gasteiger partial charge in [0, 0.05) is 17.1 Å². The van der Waals surface area contributed by atoms with Crippen molar-refractivity contribution in [2.75, 3.05) is 17.2 Å². The van der Waals surface area contributed by atoms with Crippen LogP contribution in [-0.2, 0) is 0 Å². The monoisotopic (exact) mass is 391 g/mol. The number of anilines is 2. The summed E-state index contributed by atoms with van der Waals surface area (Å²) in [6.45, 7) is 21.3. The van der Waals surface area contributed by atoms with E-state index < -0.39 is 0 Å². The highest BCUT2D eigenvalue weighted by molar-refractivity contribution is 5.97. The second-order valence-corrected chi connectivity index (χ2v) is 8.26. The molecule has 0 spiro atoms. The van der Waals surface area contributed by atoms with Crippen LogP contribution in [0.4, 0.5) is 11.4 Å². The van der Waals surface area contributed by atoms with Crippen LogP contribution < -0.4 is 16.0 Å². The Kier molecular flexibility index (Phi) is 7.21. The number of rotatable bonds is 7. The highest BCUT2D eigenvalue weighted by Crippen LogP contribution is 2.27. The second-order valence-electron chi connectivity index (χ2n) is 8.26. The molecule has 5 heteroatoms. The molecule has 2 rings (SSSR count). The summed E-state index contributed by atoms with van der Waals surface area (Å²) < 4.78 is 0. The minimum Gasteiger partial charge on any atom is -0.354 e. The SMILES string of the molecule is C=C(NC1=NCC(C(C)(C)C)=C1)Nc1ccc(NC(=C)/C(=C/C)N=C(C)C)cc1. The Morgan fingerprint density at radius 1 is 1.03 bits per heavy atom. The van der Waals surface area contributed by atoms with Crippen molar-refractivity contribution in [3.8, 4) is 0 Å². The molecular weight excluding hydrogens is 358 g/mol. The lowest BCUT2D eigenvalue weighted by atomic mass is 9.87. The van der Waals surface area contributed by atoms with E-state index in [4.69, 9.17) is 0 Å². The van der Waals surface area contributed by atoms with Gasteiger partial charge in [0.2, 0.25) is 0 Å². The van der Waals surface area contributed by atoms with Crippen LogP contribution in [0.3, 0.4) is 0 Å². The quantitative estimate of drug-likeness (QED) is 0.403. The molecule has 0 fully saturated rings. The van der Waals surface area contributed by atoms with Gasteiger partial charge in [-0.25, -0.2) is 0 Å². The van der Waals surface area contributed by atoms with Crippen molar-refractivity contribution in [1.82, 2.24) is 5.32 Å². The number of nitrogens with zero attached hydrogens (tertiary/aromatic N) is 2. The van der Waals surface area contributed by atoms with Gasteiger partial charge in [-0.15, -0.1) is 0 Å². The third kappa shape index (κ3) is 6.79. The van der Waals surface area contributed by atoms with Gasteiger partial charge in [0.25, 0.3) is 0 Å². The highest BCUT2D eigenvalue weighted by atomic mass is 15.1. The highest BCUT2D eigenvalue weighted by Gasteiger charge is 2.20. The Labute approximate surface area is 175 Å². The topological polar surface area (TPSA) is 60.8 Å². The van der Waals surface area contributed by atoms with Crippen LogP contribution in [0.25, 0.3) is 0 Å². The van der Waals surface area contributed by atoms with E-state index in [1.165, 1.54) is 5.57 Å². The van der Waals surface area contributed by atoms with Crippen LogP contribution in [0.15, 0.2) is 82.3 Å². The lowest BCUT2D eigenvalue weighted by Gasteiger charge is -2.18. The zero-order chi connectivity index (χ0) is 21.6. The molecule has 29 heavy (non-hydrogen) atoms. The minimum absolute atomic E-state index is 0.127. The van der Waals surface area contributed by atoms with Crippen molar-refractivity contribution in [3.63, 3.8) is 0 Å². The van der Waals surface area contributed by atoms with Crippen molar-refractivity contribution in [2.24, 2.45) is 15.4 Å². The first-order valence-corrected chi connectivity index (χ1v) is 9.81. The van der Waals surface area contributed by atoms with Crippen LogP contribution in [0.2, 0.25) is 0 Å². The molecule has 0 aliphatic carbocycles. The molecule has 0 amide bonds. The van der Waals surface area contributed by atoms with Crippen molar-refractivity contribution < 1.29 is 0 Å². The average Bonchev–Trinajstić information content (AvgIpc) is 3.09. The third-order valence-corrected chi connectivity index (χ3v) is 4.38. The molecule has 1 aromatic rings. The Hall–Kier alpha value is -3.08. The first-order valence-electron chi connectivity index (χ1n) is 9.81. The summed E-state index contributed by atoms with van der Waals surface area (Å²) in [6, 6.07) is 7.95. The van der Waals surface area contributed by atoms with Crippen LogP contribution in [0.1, 0.15) is 41.5 Å². The summed E-state index contributed by atoms with van der Waals surface area (Å²) in [5, 5.41) is 9.79. The molecule has 0 radical (unpaired) electrons. The largest absolute Gasteiger partial charge is 0.354 e. The fraction of sp³-hybridized carbons (Fsp3) is 0.333. The molecule has 5 nitrogen and oxygen atoms in total. The smallest absolute Gasteiger partial charge is 0.126 e. The molecular formula is C24H33N5. The van der Waals surface area contributed by atoms with E-state index in [0.717, 1.165) is 40.9 Å². The van der Waals surface area contributed by atoms with Crippen molar-refractivity contribution >= 4 is 22.9 Å². The average molecular weight is 392 g/mol. The molecule has 0 atom stereocenters. The molecule has 0 unspecified atom stereocenters. The number of benzene rings is 1. The maximum atomic E-state index is 4.53. The van der Waals surface area contributed by atoms with Crippen LogP contribution >= 0.6 is 0 Å². The molecule has 3 N–H and O–H groups in total. The van der Waals surface area contributed by atoms with Gasteiger partial charge in [-0.1, -0.05) is 40.0 Å². The normalized spacial score (nSPS) is 13.9. The van der Waals surface area contributed by atoms with E-state index in [1.54, 1.807) is 0 Å². The standard InChI is InChI=1S/C24H33N5/c1-9-22(26-16(2)3)17(4)27-20-10-12-21(13-11-20)28-18(5)29-23-14-19(15-25-23)24(6,7)8/h9-14,27-28H,4-5,15H2,1-3,6-8H3,(H,25,29)/b22-9-. The number of aliphatic imine (C=N–C) groups is 2. The first-order chi connectivity index (χ1) is 13.6. The van der Waals surface area contributed by atoms with E-state index in [1.807, 2.05) is 51.1 Å². The van der Waals surface area contributed by atoms with Crippen molar-refractivity contribution in [3.05, 3.63) is 72.4 Å². The fourth-order valence-electron chi connectivity index (χ4n) is 2.74. The summed E-state index contributed by atoms with van der Waals surface area (Å²) in [5.41, 5.74) is 5.91. The summed E-state index contributed by atoms with van der Waals surface area (Å²) in [6.07, 6.45) is 4.05. The van der Waals surface area contributed by atoms with Gasteiger partial charge in [-0.2, -0.15) is 0 Å². The summed E-state index contributed by atoms with van der Waals surface area (Å²) in [5.74, 6) is 1.52. The number of hydrogen-bond donors (Lipinski definition) is 3. The van der Waals surface area contributed by atoms with Gasteiger partial charge >= 0.3 is 0 Å². The molecule has 1 aromatic carbocycles. The first kappa shape index (κ1) is 22.2. The number of amidine groups is 1. The van der Waals surface area contributed by atoms with Gasteiger partial charge < -0.3 is 16.0 Å². The van der Waals surface area contributed by atoms with Gasteiger partial charge in [-0.05, 0) is 62.1 Å². The molecule has 154 valence electrons. The van der Waals surface area contributed by atoms with Crippen LogP contribution in [-0.4, -0.2) is 18.1 Å². The molecule has 1 aliphatic rings. The summed E-state index contributed by atoms with van der Waals surface area (Å²) >= 11 is 0. The third-order valence-electron chi connectivity index (χ3n) is 4.38. The Balaban J connectivity index is 1.92. The van der Waals surface area contributed by atoms with Crippen molar-refractivity contribution in [2.45, 2.75) is 41.5 Å². The number of nitrogens with one attached hydrogen (secondary N) is 3. The molecule has 0 saturated carbocycles. The van der Waals surface area contributed by atoms with Crippen LogP contribution in [0, 0.1) is 5.41 Å². The number of hydrogen-bond acceptors (Lipinski definition) is 5. The predicted molar refractivity (Wildman–Crippen MR) is 127 cm³/mol. The van der Waals surface area contributed by atoms with E-state index in [-0.39, 0.29) is 5.41 Å². The molecule has 1 heterocycles. The van der Waals surface area contributed by atoms with E-state index in [9.17, 15) is 0 Å².